The molecule has 0 aliphatic heterocycles. The topological polar surface area (TPSA) is 69.6 Å². The number of aliphatic hydroxyl groups is 1. The highest BCUT2D eigenvalue weighted by Gasteiger charge is 2.13. The lowest BCUT2D eigenvalue weighted by Crippen LogP contribution is -2.36. The van der Waals surface area contributed by atoms with Crippen molar-refractivity contribution in [3.8, 4) is 0 Å². The SMILES string of the molecule is CCN(CCO)C(=O)CCNC(=O)c1cc(F)ccc1Br. The van der Waals surface area contributed by atoms with Gasteiger partial charge in [0.2, 0.25) is 5.91 Å². The highest BCUT2D eigenvalue weighted by Crippen LogP contribution is 2.17. The fourth-order valence-electron chi connectivity index (χ4n) is 1.79. The summed E-state index contributed by atoms with van der Waals surface area (Å²) in [5.74, 6) is -1.09. The van der Waals surface area contributed by atoms with Crippen molar-refractivity contribution in [1.29, 1.82) is 0 Å². The predicted molar refractivity (Wildman–Crippen MR) is 80.4 cm³/mol. The molecule has 0 aromatic heterocycles. The molecule has 0 unspecified atom stereocenters. The van der Waals surface area contributed by atoms with Crippen molar-refractivity contribution < 1.29 is 19.1 Å². The Hall–Kier alpha value is -1.47. The van der Waals surface area contributed by atoms with E-state index in [1.807, 2.05) is 6.92 Å². The molecule has 0 atom stereocenters. The molecule has 0 saturated heterocycles. The Morgan fingerprint density at radius 1 is 1.43 bits per heavy atom. The normalized spacial score (nSPS) is 10.3. The number of carbonyl (C=O) groups excluding carboxylic acids is 2. The lowest BCUT2D eigenvalue weighted by molar-refractivity contribution is -0.131. The highest BCUT2D eigenvalue weighted by atomic mass is 79.9. The number of aliphatic hydroxyl groups excluding tert-OH is 1. The van der Waals surface area contributed by atoms with Crippen molar-refractivity contribution in [2.75, 3.05) is 26.2 Å². The number of nitrogens with zero attached hydrogens (tertiary/aromatic N) is 1. The minimum absolute atomic E-state index is 0.0951. The average Bonchev–Trinajstić information content (AvgIpc) is 2.46. The first-order valence-corrected chi connectivity index (χ1v) is 7.40. The van der Waals surface area contributed by atoms with Gasteiger partial charge in [-0.1, -0.05) is 0 Å². The van der Waals surface area contributed by atoms with Gasteiger partial charge in [-0.05, 0) is 41.1 Å². The Bertz CT molecular complexity index is 511. The van der Waals surface area contributed by atoms with E-state index in [9.17, 15) is 14.0 Å². The van der Waals surface area contributed by atoms with Crippen LogP contribution in [0.1, 0.15) is 23.7 Å². The van der Waals surface area contributed by atoms with Gasteiger partial charge in [-0.3, -0.25) is 9.59 Å². The summed E-state index contributed by atoms with van der Waals surface area (Å²) in [4.78, 5) is 25.2. The van der Waals surface area contributed by atoms with E-state index >= 15 is 0 Å². The van der Waals surface area contributed by atoms with Crippen LogP contribution < -0.4 is 5.32 Å². The maximum Gasteiger partial charge on any atom is 0.252 e. The summed E-state index contributed by atoms with van der Waals surface area (Å²) in [5, 5.41) is 11.4. The molecule has 0 saturated carbocycles. The van der Waals surface area contributed by atoms with Gasteiger partial charge >= 0.3 is 0 Å². The number of amides is 2. The number of benzene rings is 1. The van der Waals surface area contributed by atoms with Gasteiger partial charge in [-0.15, -0.1) is 0 Å². The van der Waals surface area contributed by atoms with Gasteiger partial charge in [0.1, 0.15) is 5.82 Å². The van der Waals surface area contributed by atoms with Crippen LogP contribution in [0.3, 0.4) is 0 Å². The Kier molecular flexibility index (Phi) is 7.31. The van der Waals surface area contributed by atoms with Crippen LogP contribution in [-0.4, -0.2) is 48.1 Å². The van der Waals surface area contributed by atoms with Gasteiger partial charge in [-0.2, -0.15) is 0 Å². The molecule has 5 nitrogen and oxygen atoms in total. The molecule has 116 valence electrons. The largest absolute Gasteiger partial charge is 0.395 e. The molecular formula is C14H18BrFN2O3. The molecular weight excluding hydrogens is 343 g/mol. The summed E-state index contributed by atoms with van der Waals surface area (Å²) in [5.41, 5.74) is 0.185. The van der Waals surface area contributed by atoms with Crippen LogP contribution in [0.15, 0.2) is 22.7 Å². The monoisotopic (exact) mass is 360 g/mol. The molecule has 2 amide bonds. The van der Waals surface area contributed by atoms with Gasteiger partial charge in [0.15, 0.2) is 0 Å². The zero-order valence-corrected chi connectivity index (χ0v) is 13.3. The summed E-state index contributed by atoms with van der Waals surface area (Å²) in [6.45, 7) is 2.65. The van der Waals surface area contributed by atoms with E-state index in [4.69, 9.17) is 5.11 Å². The first-order chi connectivity index (χ1) is 9.99. The van der Waals surface area contributed by atoms with E-state index in [0.29, 0.717) is 11.0 Å². The number of hydrogen-bond donors (Lipinski definition) is 2. The van der Waals surface area contributed by atoms with Crippen LogP contribution in [0.25, 0.3) is 0 Å². The minimum atomic E-state index is -0.500. The third-order valence-corrected chi connectivity index (χ3v) is 3.59. The maximum absolute atomic E-state index is 13.1. The van der Waals surface area contributed by atoms with Gasteiger partial charge in [0.05, 0.1) is 12.2 Å². The van der Waals surface area contributed by atoms with E-state index in [0.717, 1.165) is 6.07 Å². The summed E-state index contributed by atoms with van der Waals surface area (Å²) in [6, 6.07) is 3.83. The minimum Gasteiger partial charge on any atom is -0.395 e. The molecule has 1 rings (SSSR count). The number of nitrogens with one attached hydrogen (secondary N) is 1. The molecule has 0 bridgehead atoms. The van der Waals surface area contributed by atoms with Gasteiger partial charge in [-0.25, -0.2) is 4.39 Å². The molecule has 2 N–H and O–H groups in total. The van der Waals surface area contributed by atoms with Crippen LogP contribution >= 0.6 is 15.9 Å². The molecule has 7 heteroatoms. The number of halogens is 2. The standard InChI is InChI=1S/C14H18BrFN2O3/c1-2-18(7-8-19)13(20)5-6-17-14(21)11-9-10(16)3-4-12(11)15/h3-4,9,19H,2,5-8H2,1H3,(H,17,21). The molecule has 21 heavy (non-hydrogen) atoms. The van der Waals surface area contributed by atoms with Gasteiger partial charge in [0.25, 0.3) is 5.91 Å². The fourth-order valence-corrected chi connectivity index (χ4v) is 2.21. The average molecular weight is 361 g/mol. The third kappa shape index (κ3) is 5.43. The van der Waals surface area contributed by atoms with Crippen LogP contribution in [0.4, 0.5) is 4.39 Å². The van der Waals surface area contributed by atoms with E-state index in [1.165, 1.54) is 17.0 Å². The molecule has 0 heterocycles. The van der Waals surface area contributed by atoms with Crippen LogP contribution in [-0.2, 0) is 4.79 Å². The van der Waals surface area contributed by atoms with E-state index in [1.54, 1.807) is 0 Å². The zero-order valence-electron chi connectivity index (χ0n) is 11.7. The Balaban J connectivity index is 2.50. The predicted octanol–water partition coefficient (Wildman–Crippen LogP) is 1.55. The first kappa shape index (κ1) is 17.6. The Morgan fingerprint density at radius 3 is 2.76 bits per heavy atom. The second-order valence-electron chi connectivity index (χ2n) is 4.33. The zero-order chi connectivity index (χ0) is 15.8. The van der Waals surface area contributed by atoms with Crippen LogP contribution in [0.5, 0.6) is 0 Å². The molecule has 0 fully saturated rings. The lowest BCUT2D eigenvalue weighted by Gasteiger charge is -2.19. The fraction of sp³-hybridized carbons (Fsp3) is 0.429. The first-order valence-electron chi connectivity index (χ1n) is 6.61. The summed E-state index contributed by atoms with van der Waals surface area (Å²) in [7, 11) is 0. The number of carbonyl (C=O) groups is 2. The molecule has 1 aromatic carbocycles. The van der Waals surface area contributed by atoms with E-state index < -0.39 is 11.7 Å². The van der Waals surface area contributed by atoms with Crippen molar-refractivity contribution in [3.63, 3.8) is 0 Å². The molecule has 1 aromatic rings. The van der Waals surface area contributed by atoms with Crippen molar-refractivity contribution in [3.05, 3.63) is 34.1 Å². The molecule has 0 aliphatic carbocycles. The van der Waals surface area contributed by atoms with Crippen molar-refractivity contribution in [2.24, 2.45) is 0 Å². The van der Waals surface area contributed by atoms with E-state index in [2.05, 4.69) is 21.2 Å². The number of hydrogen-bond acceptors (Lipinski definition) is 3. The van der Waals surface area contributed by atoms with Crippen LogP contribution in [0.2, 0.25) is 0 Å². The summed E-state index contributed by atoms with van der Waals surface area (Å²) >= 11 is 3.18. The van der Waals surface area contributed by atoms with Crippen molar-refractivity contribution in [1.82, 2.24) is 10.2 Å². The smallest absolute Gasteiger partial charge is 0.252 e. The molecule has 0 radical (unpaired) electrons. The van der Waals surface area contributed by atoms with Crippen molar-refractivity contribution in [2.45, 2.75) is 13.3 Å². The molecule has 0 spiro atoms. The number of likely N-dealkylation sites (N-methyl/N-ethyl adjacent to an activating group) is 1. The van der Waals surface area contributed by atoms with Gasteiger partial charge < -0.3 is 15.3 Å². The molecule has 0 aliphatic rings. The second-order valence-corrected chi connectivity index (χ2v) is 5.18. The summed E-state index contributed by atoms with van der Waals surface area (Å²) < 4.78 is 13.6. The quantitative estimate of drug-likeness (QED) is 0.774. The Morgan fingerprint density at radius 2 is 2.14 bits per heavy atom. The Labute approximate surface area is 131 Å². The van der Waals surface area contributed by atoms with E-state index in [-0.39, 0.29) is 37.6 Å². The lowest BCUT2D eigenvalue weighted by atomic mass is 10.2. The van der Waals surface area contributed by atoms with Gasteiger partial charge in [0, 0.05) is 30.5 Å². The summed E-state index contributed by atoms with van der Waals surface area (Å²) in [6.07, 6.45) is 0.131. The third-order valence-electron chi connectivity index (χ3n) is 2.90. The maximum atomic E-state index is 13.1. The van der Waals surface area contributed by atoms with Crippen LogP contribution in [0, 0.1) is 5.82 Å². The van der Waals surface area contributed by atoms with Crippen molar-refractivity contribution >= 4 is 27.7 Å². The highest BCUT2D eigenvalue weighted by molar-refractivity contribution is 9.10. The number of rotatable bonds is 7. The second kappa shape index (κ2) is 8.74.